The Kier molecular flexibility index (Phi) is 12.2. The van der Waals surface area contributed by atoms with Crippen LogP contribution in [0.1, 0.15) is 32.6 Å². The molecule has 1 heterocycles. The van der Waals surface area contributed by atoms with Crippen molar-refractivity contribution in [3.05, 3.63) is 0 Å². The molecule has 5 nitrogen and oxygen atoms in total. The molecular weight excluding hydrogens is 280 g/mol. The Morgan fingerprint density at radius 1 is 1.30 bits per heavy atom. The van der Waals surface area contributed by atoms with Crippen molar-refractivity contribution in [2.45, 2.75) is 38.7 Å². The maximum absolute atomic E-state index is 12.0. The van der Waals surface area contributed by atoms with E-state index in [1.54, 1.807) is 7.11 Å². The van der Waals surface area contributed by atoms with Crippen LogP contribution in [0.4, 0.5) is 0 Å². The third kappa shape index (κ3) is 8.04. The zero-order chi connectivity index (χ0) is 13.9. The number of carbonyl (C=O) groups excluding carboxylic acids is 1. The Morgan fingerprint density at radius 2 is 2.10 bits per heavy atom. The van der Waals surface area contributed by atoms with Crippen LogP contribution in [0.15, 0.2) is 0 Å². The predicted octanol–water partition coefficient (Wildman–Crippen LogP) is 1.45. The fourth-order valence-corrected chi connectivity index (χ4v) is 2.25. The van der Waals surface area contributed by atoms with Crippen molar-refractivity contribution in [3.63, 3.8) is 0 Å². The van der Waals surface area contributed by atoms with Crippen molar-refractivity contribution in [2.75, 3.05) is 46.5 Å². The largest absolute Gasteiger partial charge is 0.383 e. The molecule has 1 saturated heterocycles. The van der Waals surface area contributed by atoms with E-state index < -0.39 is 0 Å². The molecule has 6 heteroatoms. The first-order chi connectivity index (χ1) is 9.27. The molecule has 0 saturated carbocycles. The van der Waals surface area contributed by atoms with Gasteiger partial charge in [0.1, 0.15) is 0 Å². The number of rotatable bonds is 8. The number of nitrogens with zero attached hydrogens (tertiary/aromatic N) is 1. The van der Waals surface area contributed by atoms with Crippen molar-refractivity contribution in [1.82, 2.24) is 10.2 Å². The van der Waals surface area contributed by atoms with Crippen LogP contribution in [0, 0.1) is 0 Å². The van der Waals surface area contributed by atoms with Gasteiger partial charge in [-0.15, -0.1) is 12.4 Å². The van der Waals surface area contributed by atoms with Crippen LogP contribution < -0.4 is 5.32 Å². The summed E-state index contributed by atoms with van der Waals surface area (Å²) >= 11 is 0. The van der Waals surface area contributed by atoms with Crippen molar-refractivity contribution in [1.29, 1.82) is 0 Å². The smallest absolute Gasteiger partial charge is 0.236 e. The van der Waals surface area contributed by atoms with Gasteiger partial charge in [0.2, 0.25) is 5.91 Å². The van der Waals surface area contributed by atoms with Gasteiger partial charge in [0.25, 0.3) is 0 Å². The Labute approximate surface area is 128 Å². The monoisotopic (exact) mass is 308 g/mol. The van der Waals surface area contributed by atoms with Crippen LogP contribution in [-0.4, -0.2) is 63.4 Å². The molecule has 1 unspecified atom stereocenters. The van der Waals surface area contributed by atoms with Crippen molar-refractivity contribution < 1.29 is 14.3 Å². The molecule has 0 radical (unpaired) electrons. The molecule has 1 aliphatic rings. The van der Waals surface area contributed by atoms with Gasteiger partial charge in [-0.05, 0) is 25.7 Å². The van der Waals surface area contributed by atoms with Crippen molar-refractivity contribution >= 4 is 18.3 Å². The third-order valence-electron chi connectivity index (χ3n) is 3.34. The number of nitrogens with one attached hydrogen (secondary N) is 1. The predicted molar refractivity (Wildman–Crippen MR) is 82.5 cm³/mol. The van der Waals surface area contributed by atoms with Gasteiger partial charge in [-0.3, -0.25) is 4.79 Å². The van der Waals surface area contributed by atoms with Crippen LogP contribution in [0.2, 0.25) is 0 Å². The van der Waals surface area contributed by atoms with Gasteiger partial charge < -0.3 is 19.7 Å². The highest BCUT2D eigenvalue weighted by atomic mass is 35.5. The first-order valence-electron chi connectivity index (χ1n) is 7.37. The van der Waals surface area contributed by atoms with E-state index in [1.165, 1.54) is 0 Å². The Hall–Kier alpha value is -0.360. The molecular formula is C14H29ClN2O3. The first-order valence-corrected chi connectivity index (χ1v) is 7.37. The van der Waals surface area contributed by atoms with Gasteiger partial charge in [0.15, 0.2) is 0 Å². The summed E-state index contributed by atoms with van der Waals surface area (Å²) in [5, 5.41) is 3.10. The molecule has 1 rings (SSSR count). The normalized spacial score (nSPS) is 19.3. The van der Waals surface area contributed by atoms with Crippen LogP contribution in [0.25, 0.3) is 0 Å². The molecule has 1 aliphatic heterocycles. The zero-order valence-electron chi connectivity index (χ0n) is 12.7. The SMILES string of the molecule is CCCOC1CCCN(C(=O)CNCCOC)CC1.Cl. The highest BCUT2D eigenvalue weighted by Gasteiger charge is 2.20. The average molecular weight is 309 g/mol. The highest BCUT2D eigenvalue weighted by molar-refractivity contribution is 5.85. The molecule has 0 aromatic heterocycles. The highest BCUT2D eigenvalue weighted by Crippen LogP contribution is 2.14. The van der Waals surface area contributed by atoms with Crippen LogP contribution in [-0.2, 0) is 14.3 Å². The van der Waals surface area contributed by atoms with E-state index in [-0.39, 0.29) is 18.3 Å². The van der Waals surface area contributed by atoms with Gasteiger partial charge in [-0.25, -0.2) is 0 Å². The molecule has 0 spiro atoms. The number of methoxy groups -OCH3 is 1. The molecule has 0 aliphatic carbocycles. The summed E-state index contributed by atoms with van der Waals surface area (Å²) in [6.07, 6.45) is 4.46. The second-order valence-corrected chi connectivity index (χ2v) is 4.97. The number of carbonyl (C=O) groups is 1. The van der Waals surface area contributed by atoms with Crippen molar-refractivity contribution in [3.8, 4) is 0 Å². The van der Waals surface area contributed by atoms with Crippen LogP contribution in [0.3, 0.4) is 0 Å². The van der Waals surface area contributed by atoms with Crippen LogP contribution in [0.5, 0.6) is 0 Å². The van der Waals surface area contributed by atoms with Gasteiger partial charge in [0, 0.05) is 33.4 Å². The van der Waals surface area contributed by atoms with E-state index in [1.807, 2.05) is 4.90 Å². The summed E-state index contributed by atoms with van der Waals surface area (Å²) in [5.74, 6) is 0.187. The molecule has 1 amide bonds. The summed E-state index contributed by atoms with van der Waals surface area (Å²) in [7, 11) is 1.66. The van der Waals surface area contributed by atoms with Gasteiger partial charge in [-0.2, -0.15) is 0 Å². The quantitative estimate of drug-likeness (QED) is 0.690. The summed E-state index contributed by atoms with van der Waals surface area (Å²) < 4.78 is 10.7. The van der Waals surface area contributed by atoms with Gasteiger partial charge >= 0.3 is 0 Å². The number of amides is 1. The summed E-state index contributed by atoms with van der Waals surface area (Å²) in [6.45, 7) is 6.40. The number of ether oxygens (including phenoxy) is 2. The van der Waals surface area contributed by atoms with E-state index in [4.69, 9.17) is 9.47 Å². The molecule has 20 heavy (non-hydrogen) atoms. The van der Waals surface area contributed by atoms with Crippen molar-refractivity contribution in [2.24, 2.45) is 0 Å². The van der Waals surface area contributed by atoms with Gasteiger partial charge in [0.05, 0.1) is 19.3 Å². The maximum Gasteiger partial charge on any atom is 0.236 e. The Balaban J connectivity index is 0.00000361. The Bertz CT molecular complexity index is 255. The molecule has 1 N–H and O–H groups in total. The van der Waals surface area contributed by atoms with Crippen LogP contribution >= 0.6 is 12.4 Å². The lowest BCUT2D eigenvalue weighted by molar-refractivity contribution is -0.130. The molecule has 1 fully saturated rings. The summed E-state index contributed by atoms with van der Waals surface area (Å²) in [4.78, 5) is 14.0. The standard InChI is InChI=1S/C14H28N2O3.ClH/c1-3-10-19-13-5-4-8-16(9-6-13)14(17)12-15-7-11-18-2;/h13,15H,3-12H2,1-2H3;1H. The zero-order valence-corrected chi connectivity index (χ0v) is 13.5. The lowest BCUT2D eigenvalue weighted by atomic mass is 10.2. The lowest BCUT2D eigenvalue weighted by Crippen LogP contribution is -2.39. The topological polar surface area (TPSA) is 50.8 Å². The third-order valence-corrected chi connectivity index (χ3v) is 3.34. The minimum absolute atomic E-state index is 0. The molecule has 1 atom stereocenters. The van der Waals surface area contributed by atoms with E-state index in [0.717, 1.165) is 51.9 Å². The summed E-state index contributed by atoms with van der Waals surface area (Å²) in [6, 6.07) is 0. The van der Waals surface area contributed by atoms with E-state index >= 15 is 0 Å². The number of hydrogen-bond acceptors (Lipinski definition) is 4. The number of likely N-dealkylation sites (tertiary alicyclic amines) is 1. The molecule has 120 valence electrons. The molecule has 0 aromatic carbocycles. The fourth-order valence-electron chi connectivity index (χ4n) is 2.25. The average Bonchev–Trinajstić information content (AvgIpc) is 2.66. The number of halogens is 1. The van der Waals surface area contributed by atoms with E-state index in [0.29, 0.717) is 19.3 Å². The minimum Gasteiger partial charge on any atom is -0.383 e. The summed E-state index contributed by atoms with van der Waals surface area (Å²) in [5.41, 5.74) is 0. The molecule has 0 aromatic rings. The molecule has 0 bridgehead atoms. The Morgan fingerprint density at radius 3 is 2.80 bits per heavy atom. The second kappa shape index (κ2) is 12.4. The van der Waals surface area contributed by atoms with Gasteiger partial charge in [-0.1, -0.05) is 6.92 Å². The van der Waals surface area contributed by atoms with E-state index in [2.05, 4.69) is 12.2 Å². The maximum atomic E-state index is 12.0. The lowest BCUT2D eigenvalue weighted by Gasteiger charge is -2.21. The minimum atomic E-state index is 0. The second-order valence-electron chi connectivity index (χ2n) is 4.97. The first kappa shape index (κ1) is 19.6. The number of hydrogen-bond donors (Lipinski definition) is 1. The fraction of sp³-hybridized carbons (Fsp3) is 0.929. The van der Waals surface area contributed by atoms with E-state index in [9.17, 15) is 4.79 Å².